The van der Waals surface area contributed by atoms with Gasteiger partial charge in [0.2, 0.25) is 17.2 Å². The lowest BCUT2D eigenvalue weighted by Gasteiger charge is -2.24. The molecule has 6 rings (SSSR count). The molecule has 5 aromatic rings. The predicted octanol–water partition coefficient (Wildman–Crippen LogP) is 5.51. The molecule has 0 atom stereocenters. The van der Waals surface area contributed by atoms with Crippen molar-refractivity contribution in [2.75, 3.05) is 0 Å². The zero-order valence-electron chi connectivity index (χ0n) is 16.9. The van der Waals surface area contributed by atoms with Crippen molar-refractivity contribution in [1.82, 2.24) is 0 Å². The standard InChI is InChI=1S/C24H14O10/c25-9-3-10(26)5-12(4-9)31-21-14(29)8-15(30)22-24(21)33-17-2-1-16-20(23(17)34-22)19-13(28)6-11(27)7-18(19)32-16/h1-8,25-30H. The number of phenolic OH excluding ortho intramolecular Hbond substituents is 6. The van der Waals surface area contributed by atoms with E-state index in [2.05, 4.69) is 0 Å². The van der Waals surface area contributed by atoms with Crippen molar-refractivity contribution in [3.05, 3.63) is 48.5 Å². The molecule has 10 heteroatoms. The van der Waals surface area contributed by atoms with E-state index in [0.717, 1.165) is 18.2 Å². The SMILES string of the molecule is Oc1cc(O)cc(Oc2c(O)cc(O)c3c2Oc2ccc4oc5cc(O)cc(O)c5c4c2O3)c1. The van der Waals surface area contributed by atoms with Gasteiger partial charge in [-0.1, -0.05) is 0 Å². The molecular formula is C24H14O10. The van der Waals surface area contributed by atoms with E-state index in [4.69, 9.17) is 18.6 Å². The van der Waals surface area contributed by atoms with Crippen molar-refractivity contribution in [2.24, 2.45) is 0 Å². The topological polar surface area (TPSA) is 162 Å². The van der Waals surface area contributed by atoms with E-state index in [1.54, 1.807) is 6.07 Å². The summed E-state index contributed by atoms with van der Waals surface area (Å²) in [6, 6.07) is 10.1. The molecule has 0 unspecified atom stereocenters. The van der Waals surface area contributed by atoms with Crippen LogP contribution in [0.1, 0.15) is 0 Å². The maximum atomic E-state index is 10.5. The zero-order valence-corrected chi connectivity index (χ0v) is 16.9. The van der Waals surface area contributed by atoms with Crippen LogP contribution in [-0.4, -0.2) is 30.6 Å². The fraction of sp³-hybridized carbons (Fsp3) is 0. The van der Waals surface area contributed by atoms with E-state index < -0.39 is 11.5 Å². The number of phenols is 6. The third-order valence-corrected chi connectivity index (χ3v) is 5.28. The molecule has 2 heterocycles. The van der Waals surface area contributed by atoms with Gasteiger partial charge in [0.15, 0.2) is 23.0 Å². The summed E-state index contributed by atoms with van der Waals surface area (Å²) >= 11 is 0. The minimum atomic E-state index is -0.492. The molecule has 170 valence electrons. The van der Waals surface area contributed by atoms with Crippen LogP contribution < -0.4 is 14.2 Å². The van der Waals surface area contributed by atoms with Crippen LogP contribution in [0.2, 0.25) is 0 Å². The van der Waals surface area contributed by atoms with Crippen LogP contribution in [-0.2, 0) is 0 Å². The summed E-state index contributed by atoms with van der Waals surface area (Å²) in [5, 5.41) is 61.1. The van der Waals surface area contributed by atoms with Crippen LogP contribution in [0, 0.1) is 0 Å². The van der Waals surface area contributed by atoms with Crippen LogP contribution >= 0.6 is 0 Å². The lowest BCUT2D eigenvalue weighted by Crippen LogP contribution is -2.02. The molecule has 1 aliphatic rings. The number of aromatic hydroxyl groups is 6. The molecule has 0 spiro atoms. The first kappa shape index (κ1) is 19.6. The summed E-state index contributed by atoms with van der Waals surface area (Å²) in [4.78, 5) is 0. The van der Waals surface area contributed by atoms with E-state index in [1.807, 2.05) is 0 Å². The predicted molar refractivity (Wildman–Crippen MR) is 117 cm³/mol. The van der Waals surface area contributed by atoms with Gasteiger partial charge in [-0.25, -0.2) is 0 Å². The third-order valence-electron chi connectivity index (χ3n) is 5.28. The summed E-state index contributed by atoms with van der Waals surface area (Å²) in [6.07, 6.45) is 0. The molecule has 1 aliphatic heterocycles. The number of ether oxygens (including phenoxy) is 3. The Morgan fingerprint density at radius 1 is 0.559 bits per heavy atom. The highest BCUT2D eigenvalue weighted by molar-refractivity contribution is 6.12. The van der Waals surface area contributed by atoms with Crippen molar-refractivity contribution in [3.8, 4) is 69.0 Å². The van der Waals surface area contributed by atoms with Crippen LogP contribution in [0.3, 0.4) is 0 Å². The van der Waals surface area contributed by atoms with Crippen LogP contribution in [0.15, 0.2) is 52.9 Å². The summed E-state index contributed by atoms with van der Waals surface area (Å²) in [5.41, 5.74) is 0.532. The van der Waals surface area contributed by atoms with Gasteiger partial charge in [-0.05, 0) is 12.1 Å². The Hall–Kier alpha value is -5.12. The Morgan fingerprint density at radius 3 is 2.06 bits per heavy atom. The number of hydrogen-bond acceptors (Lipinski definition) is 10. The number of hydrogen-bond donors (Lipinski definition) is 6. The second-order valence-corrected chi connectivity index (χ2v) is 7.60. The molecule has 1 aromatic heterocycles. The lowest BCUT2D eigenvalue weighted by atomic mass is 10.1. The average Bonchev–Trinajstić information content (AvgIpc) is 3.14. The smallest absolute Gasteiger partial charge is 0.220 e. The summed E-state index contributed by atoms with van der Waals surface area (Å²) in [5.74, 6) is -2.28. The van der Waals surface area contributed by atoms with Gasteiger partial charge < -0.3 is 49.3 Å². The minimum Gasteiger partial charge on any atom is -0.508 e. The summed E-state index contributed by atoms with van der Waals surface area (Å²) in [6.45, 7) is 0. The molecule has 0 saturated heterocycles. The fourth-order valence-corrected chi connectivity index (χ4v) is 3.93. The molecule has 0 saturated carbocycles. The second kappa shape index (κ2) is 6.69. The molecule has 34 heavy (non-hydrogen) atoms. The van der Waals surface area contributed by atoms with Crippen LogP contribution in [0.5, 0.6) is 69.0 Å². The Bertz CT molecular complexity index is 1630. The third kappa shape index (κ3) is 2.82. The highest BCUT2D eigenvalue weighted by Gasteiger charge is 2.32. The van der Waals surface area contributed by atoms with Crippen molar-refractivity contribution < 1.29 is 49.3 Å². The van der Waals surface area contributed by atoms with Gasteiger partial charge in [0, 0.05) is 36.4 Å². The molecule has 0 bridgehead atoms. The minimum absolute atomic E-state index is 0.0175. The maximum Gasteiger partial charge on any atom is 0.220 e. The van der Waals surface area contributed by atoms with E-state index in [9.17, 15) is 30.6 Å². The molecule has 10 nitrogen and oxygen atoms in total. The average molecular weight is 462 g/mol. The van der Waals surface area contributed by atoms with Gasteiger partial charge in [-0.3, -0.25) is 0 Å². The zero-order chi connectivity index (χ0) is 23.7. The van der Waals surface area contributed by atoms with Crippen LogP contribution in [0.4, 0.5) is 0 Å². The Balaban J connectivity index is 1.53. The maximum absolute atomic E-state index is 10.5. The lowest BCUT2D eigenvalue weighted by molar-refractivity contribution is 0.314. The van der Waals surface area contributed by atoms with E-state index >= 15 is 0 Å². The van der Waals surface area contributed by atoms with Crippen molar-refractivity contribution in [1.29, 1.82) is 0 Å². The Kier molecular flexibility index (Phi) is 3.85. The Morgan fingerprint density at radius 2 is 1.29 bits per heavy atom. The monoisotopic (exact) mass is 462 g/mol. The van der Waals surface area contributed by atoms with Gasteiger partial charge in [-0.15, -0.1) is 0 Å². The van der Waals surface area contributed by atoms with E-state index in [0.29, 0.717) is 11.0 Å². The second-order valence-electron chi connectivity index (χ2n) is 7.60. The first-order chi connectivity index (χ1) is 16.3. The quantitative estimate of drug-likeness (QED) is 0.193. The van der Waals surface area contributed by atoms with Crippen molar-refractivity contribution >= 4 is 21.9 Å². The van der Waals surface area contributed by atoms with Crippen LogP contribution in [0.25, 0.3) is 21.9 Å². The molecule has 0 radical (unpaired) electrons. The fourth-order valence-electron chi connectivity index (χ4n) is 3.93. The van der Waals surface area contributed by atoms with Gasteiger partial charge >= 0.3 is 0 Å². The normalized spacial score (nSPS) is 12.1. The number of fused-ring (bicyclic) bond motifs is 6. The Labute approximate surface area is 189 Å². The van der Waals surface area contributed by atoms with Gasteiger partial charge in [0.25, 0.3) is 0 Å². The van der Waals surface area contributed by atoms with Crippen molar-refractivity contribution in [2.45, 2.75) is 0 Å². The highest BCUT2D eigenvalue weighted by atomic mass is 16.6. The van der Waals surface area contributed by atoms with E-state index in [-0.39, 0.29) is 68.5 Å². The van der Waals surface area contributed by atoms with Gasteiger partial charge in [0.05, 0.1) is 10.8 Å². The van der Waals surface area contributed by atoms with Gasteiger partial charge in [0.1, 0.15) is 39.9 Å². The summed E-state index contributed by atoms with van der Waals surface area (Å²) in [7, 11) is 0. The summed E-state index contributed by atoms with van der Waals surface area (Å²) < 4.78 is 23.2. The molecule has 0 fully saturated rings. The number of furan rings is 1. The molecule has 6 N–H and O–H groups in total. The molecule has 4 aromatic carbocycles. The largest absolute Gasteiger partial charge is 0.508 e. The molecule has 0 aliphatic carbocycles. The van der Waals surface area contributed by atoms with E-state index in [1.165, 1.54) is 24.3 Å². The van der Waals surface area contributed by atoms with Crippen molar-refractivity contribution in [3.63, 3.8) is 0 Å². The molecule has 0 amide bonds. The number of benzene rings is 4. The highest BCUT2D eigenvalue weighted by Crippen LogP contribution is 2.60. The van der Waals surface area contributed by atoms with Gasteiger partial charge in [-0.2, -0.15) is 0 Å². The number of rotatable bonds is 2. The first-order valence-corrected chi connectivity index (χ1v) is 9.85. The molecular weight excluding hydrogens is 448 g/mol. The first-order valence-electron chi connectivity index (χ1n) is 9.85.